The van der Waals surface area contributed by atoms with Crippen molar-refractivity contribution in [1.29, 1.82) is 0 Å². The monoisotopic (exact) mass is 96.1 g/mol. The van der Waals surface area contributed by atoms with E-state index in [9.17, 15) is 0 Å². The average Bonchev–Trinajstić information content (AvgIpc) is 2.17. The molecule has 0 fully saturated rings. The Morgan fingerprint density at radius 3 is 2.14 bits per heavy atom. The number of nitrogens with zero attached hydrogens (tertiary/aromatic N) is 1. The molecule has 1 aliphatic heterocycles. The summed E-state index contributed by atoms with van der Waals surface area (Å²) in [6.45, 7) is 4.14. The van der Waals surface area contributed by atoms with Gasteiger partial charge in [-0.1, -0.05) is 0 Å². The summed E-state index contributed by atoms with van der Waals surface area (Å²) >= 11 is 0. The fraction of sp³-hybridized carbons (Fsp3) is 0.600. The normalized spacial score (nSPS) is 13.9. The smallest absolute Gasteiger partial charge is 0.0629 e. The molecule has 0 unspecified atom stereocenters. The SMILES string of the molecule is CC(C)NN1C#C1. The predicted octanol–water partition coefficient (Wildman–Crippen LogP) is 0.133. The van der Waals surface area contributed by atoms with Crippen LogP contribution in [0.3, 0.4) is 0 Å². The van der Waals surface area contributed by atoms with Gasteiger partial charge in [-0.25, -0.2) is 5.43 Å². The minimum absolute atomic E-state index is 0.488. The van der Waals surface area contributed by atoms with Gasteiger partial charge in [0.1, 0.15) is 0 Å². The molecule has 0 aromatic carbocycles. The van der Waals surface area contributed by atoms with E-state index >= 15 is 0 Å². The highest BCUT2D eigenvalue weighted by molar-refractivity contribution is 5.16. The van der Waals surface area contributed by atoms with Gasteiger partial charge in [0, 0.05) is 6.04 Å². The standard InChI is InChI=1S/C5H8N2/c1-5(2)6-7-3-4-7/h5-6H,1-2H3. The lowest BCUT2D eigenvalue weighted by Crippen LogP contribution is -2.29. The third-order valence-electron chi connectivity index (χ3n) is 0.611. The third-order valence-corrected chi connectivity index (χ3v) is 0.611. The summed E-state index contributed by atoms with van der Waals surface area (Å²) in [5.74, 6) is 0. The van der Waals surface area contributed by atoms with Gasteiger partial charge in [-0.2, -0.15) is 5.01 Å². The molecule has 0 spiro atoms. The summed E-state index contributed by atoms with van der Waals surface area (Å²) in [4.78, 5) is 0. The number of hydrogen-bond donors (Lipinski definition) is 1. The zero-order valence-electron chi connectivity index (χ0n) is 4.52. The Morgan fingerprint density at radius 2 is 2.00 bits per heavy atom. The van der Waals surface area contributed by atoms with Crippen LogP contribution in [0.5, 0.6) is 0 Å². The molecule has 0 aliphatic carbocycles. The quantitative estimate of drug-likeness (QED) is 0.491. The molecule has 38 valence electrons. The molecule has 2 nitrogen and oxygen atoms in total. The lowest BCUT2D eigenvalue weighted by molar-refractivity contribution is 0.398. The van der Waals surface area contributed by atoms with Gasteiger partial charge in [0.05, 0.1) is 12.1 Å². The molecule has 0 saturated carbocycles. The second-order valence-electron chi connectivity index (χ2n) is 1.84. The van der Waals surface area contributed by atoms with Gasteiger partial charge in [0.15, 0.2) is 0 Å². The number of hydrogen-bond acceptors (Lipinski definition) is 2. The molecule has 0 bridgehead atoms. The molecular weight excluding hydrogens is 88.1 g/mol. The van der Waals surface area contributed by atoms with E-state index in [1.165, 1.54) is 0 Å². The van der Waals surface area contributed by atoms with Gasteiger partial charge < -0.3 is 0 Å². The van der Waals surface area contributed by atoms with Crippen molar-refractivity contribution < 1.29 is 0 Å². The van der Waals surface area contributed by atoms with Crippen molar-refractivity contribution in [2.75, 3.05) is 0 Å². The molecule has 0 radical (unpaired) electrons. The van der Waals surface area contributed by atoms with E-state index in [2.05, 4.69) is 31.4 Å². The molecule has 0 aromatic heterocycles. The van der Waals surface area contributed by atoms with Gasteiger partial charge in [-0.05, 0) is 13.8 Å². The molecule has 0 aromatic rings. The highest BCUT2D eigenvalue weighted by Gasteiger charge is 2.03. The van der Waals surface area contributed by atoms with E-state index in [1.807, 2.05) is 0 Å². The first-order valence-corrected chi connectivity index (χ1v) is 2.36. The van der Waals surface area contributed by atoms with Crippen LogP contribution in [-0.2, 0) is 0 Å². The van der Waals surface area contributed by atoms with Crippen LogP contribution in [0.2, 0.25) is 0 Å². The maximum Gasteiger partial charge on any atom is 0.0629 e. The van der Waals surface area contributed by atoms with E-state index in [-0.39, 0.29) is 0 Å². The number of rotatable bonds is 2. The molecule has 7 heavy (non-hydrogen) atoms. The summed E-state index contributed by atoms with van der Waals surface area (Å²) in [5.41, 5.74) is 3.03. The van der Waals surface area contributed by atoms with Crippen LogP contribution < -0.4 is 5.43 Å². The van der Waals surface area contributed by atoms with Gasteiger partial charge in [0.25, 0.3) is 0 Å². The number of nitrogens with one attached hydrogen (secondary N) is 1. The van der Waals surface area contributed by atoms with E-state index in [1.54, 1.807) is 5.01 Å². The Morgan fingerprint density at radius 1 is 1.43 bits per heavy atom. The molecule has 1 N–H and O–H groups in total. The van der Waals surface area contributed by atoms with Crippen molar-refractivity contribution in [1.82, 2.24) is 10.4 Å². The fourth-order valence-electron chi connectivity index (χ4n) is 0.348. The lowest BCUT2D eigenvalue weighted by atomic mass is 10.4. The molecule has 1 rings (SSSR count). The topological polar surface area (TPSA) is 15.0 Å². The maximum absolute atomic E-state index is 3.03. The molecule has 2 heteroatoms. The molecular formula is C5H8N2. The van der Waals surface area contributed by atoms with Crippen molar-refractivity contribution in [2.24, 2.45) is 0 Å². The first-order chi connectivity index (χ1) is 3.29. The minimum atomic E-state index is 0.488. The first kappa shape index (κ1) is 4.48. The van der Waals surface area contributed by atoms with Gasteiger partial charge in [-0.3, -0.25) is 0 Å². The third kappa shape index (κ3) is 1.47. The zero-order valence-corrected chi connectivity index (χ0v) is 4.52. The van der Waals surface area contributed by atoms with Crippen molar-refractivity contribution in [3.05, 3.63) is 0 Å². The summed E-state index contributed by atoms with van der Waals surface area (Å²) in [7, 11) is 0. The first-order valence-electron chi connectivity index (χ1n) is 2.36. The molecule has 0 atom stereocenters. The van der Waals surface area contributed by atoms with E-state index in [0.29, 0.717) is 6.04 Å². The van der Waals surface area contributed by atoms with Crippen LogP contribution in [0.1, 0.15) is 13.8 Å². The van der Waals surface area contributed by atoms with Crippen LogP contribution in [0.4, 0.5) is 0 Å². The largest absolute Gasteiger partial charge is 0.212 e. The Balaban J connectivity index is 2.00. The Kier molecular flexibility index (Phi) is 0.918. The average molecular weight is 96.1 g/mol. The summed E-state index contributed by atoms with van der Waals surface area (Å²) in [6, 6.07) is 5.96. The second kappa shape index (κ2) is 1.43. The second-order valence-corrected chi connectivity index (χ2v) is 1.84. The maximum atomic E-state index is 3.03. The number of hydrazine groups is 1. The highest BCUT2D eigenvalue weighted by Crippen LogP contribution is 1.88. The Bertz CT molecular complexity index is 110. The van der Waals surface area contributed by atoms with Gasteiger partial charge in [-0.15, -0.1) is 0 Å². The van der Waals surface area contributed by atoms with Crippen molar-refractivity contribution in [3.8, 4) is 12.1 Å². The summed E-state index contributed by atoms with van der Waals surface area (Å²) in [6.07, 6.45) is 0. The summed E-state index contributed by atoms with van der Waals surface area (Å²) < 4.78 is 0. The van der Waals surface area contributed by atoms with Crippen molar-refractivity contribution in [3.63, 3.8) is 0 Å². The predicted molar refractivity (Wildman–Crippen MR) is 27.9 cm³/mol. The van der Waals surface area contributed by atoms with Crippen molar-refractivity contribution in [2.45, 2.75) is 19.9 Å². The van der Waals surface area contributed by atoms with Crippen LogP contribution in [0.15, 0.2) is 0 Å². The molecule has 1 aliphatic rings. The van der Waals surface area contributed by atoms with E-state index in [4.69, 9.17) is 0 Å². The molecule has 0 saturated heterocycles. The van der Waals surface area contributed by atoms with E-state index in [0.717, 1.165) is 0 Å². The van der Waals surface area contributed by atoms with Crippen LogP contribution in [0, 0.1) is 12.1 Å². The van der Waals surface area contributed by atoms with E-state index < -0.39 is 0 Å². The fourth-order valence-corrected chi connectivity index (χ4v) is 0.348. The van der Waals surface area contributed by atoms with Crippen LogP contribution in [0.25, 0.3) is 0 Å². The van der Waals surface area contributed by atoms with Crippen LogP contribution >= 0.6 is 0 Å². The zero-order chi connectivity index (χ0) is 5.28. The summed E-state index contributed by atoms with van der Waals surface area (Å²) in [5, 5.41) is 1.70. The molecule has 1 heterocycles. The van der Waals surface area contributed by atoms with Crippen LogP contribution in [-0.4, -0.2) is 11.1 Å². The van der Waals surface area contributed by atoms with Gasteiger partial charge in [0.2, 0.25) is 0 Å². The Labute approximate surface area is 43.5 Å². The lowest BCUT2D eigenvalue weighted by Gasteiger charge is -2.04. The highest BCUT2D eigenvalue weighted by atomic mass is 15.5. The van der Waals surface area contributed by atoms with Gasteiger partial charge >= 0.3 is 0 Å². The Hall–Kier alpha value is -0.680. The van der Waals surface area contributed by atoms with Crippen molar-refractivity contribution >= 4 is 0 Å². The molecule has 0 amide bonds. The minimum Gasteiger partial charge on any atom is -0.212 e.